The highest BCUT2D eigenvalue weighted by Crippen LogP contribution is 2.19. The van der Waals surface area contributed by atoms with Crippen LogP contribution in [0.4, 0.5) is 5.69 Å². The molecular formula is C15H23N3O2. The molecule has 5 nitrogen and oxygen atoms in total. The number of benzene rings is 1. The average Bonchev–Trinajstić information content (AvgIpc) is 2.91. The third-order valence-electron chi connectivity index (χ3n) is 3.80. The number of hydrogen-bond donors (Lipinski definition) is 2. The van der Waals surface area contributed by atoms with E-state index in [0.29, 0.717) is 23.9 Å². The highest BCUT2D eigenvalue weighted by molar-refractivity contribution is 5.93. The molecule has 0 bridgehead atoms. The van der Waals surface area contributed by atoms with Gasteiger partial charge in [-0.1, -0.05) is 6.92 Å². The van der Waals surface area contributed by atoms with E-state index in [0.717, 1.165) is 13.0 Å². The topological polar surface area (TPSA) is 67.6 Å². The van der Waals surface area contributed by atoms with Crippen LogP contribution in [-0.2, 0) is 4.84 Å². The van der Waals surface area contributed by atoms with Crippen molar-refractivity contribution in [3.8, 4) is 0 Å². The van der Waals surface area contributed by atoms with Crippen molar-refractivity contribution >= 4 is 11.6 Å². The van der Waals surface area contributed by atoms with Crippen LogP contribution in [0.15, 0.2) is 24.3 Å². The molecule has 110 valence electrons. The van der Waals surface area contributed by atoms with Crippen LogP contribution in [0.2, 0.25) is 0 Å². The fourth-order valence-electron chi connectivity index (χ4n) is 2.64. The van der Waals surface area contributed by atoms with Gasteiger partial charge in [-0.3, -0.25) is 9.63 Å². The number of rotatable bonds is 6. The summed E-state index contributed by atoms with van der Waals surface area (Å²) in [6, 6.07) is 7.36. The van der Waals surface area contributed by atoms with E-state index in [1.165, 1.54) is 19.4 Å². The average molecular weight is 277 g/mol. The summed E-state index contributed by atoms with van der Waals surface area (Å²) in [5, 5.41) is 0. The Hall–Kier alpha value is -1.59. The van der Waals surface area contributed by atoms with Gasteiger partial charge in [0.25, 0.3) is 5.91 Å². The molecular weight excluding hydrogens is 254 g/mol. The molecule has 1 aliphatic heterocycles. The number of nitrogens with zero attached hydrogens (tertiary/aromatic N) is 1. The Morgan fingerprint density at radius 1 is 1.45 bits per heavy atom. The lowest BCUT2D eigenvalue weighted by molar-refractivity contribution is 0.0243. The van der Waals surface area contributed by atoms with Crippen LogP contribution in [0.25, 0.3) is 0 Å². The van der Waals surface area contributed by atoms with Crippen LogP contribution in [0.1, 0.15) is 36.5 Å². The minimum absolute atomic E-state index is 0.233. The number of nitrogens with one attached hydrogen (secondary N) is 1. The van der Waals surface area contributed by atoms with Crippen molar-refractivity contribution in [2.45, 2.75) is 32.2 Å². The Labute approximate surface area is 120 Å². The molecule has 1 saturated heterocycles. The zero-order valence-electron chi connectivity index (χ0n) is 12.0. The summed E-state index contributed by atoms with van der Waals surface area (Å²) < 4.78 is 0. The van der Waals surface area contributed by atoms with Crippen LogP contribution in [0.3, 0.4) is 0 Å². The molecule has 0 aromatic heterocycles. The van der Waals surface area contributed by atoms with E-state index in [1.807, 2.05) is 0 Å². The summed E-state index contributed by atoms with van der Waals surface area (Å²) in [4.78, 5) is 19.5. The summed E-state index contributed by atoms with van der Waals surface area (Å²) >= 11 is 0. The van der Waals surface area contributed by atoms with Crippen molar-refractivity contribution in [2.24, 2.45) is 0 Å². The van der Waals surface area contributed by atoms with E-state index >= 15 is 0 Å². The van der Waals surface area contributed by atoms with Crippen molar-refractivity contribution in [3.63, 3.8) is 0 Å². The van der Waals surface area contributed by atoms with Gasteiger partial charge in [-0.25, -0.2) is 5.48 Å². The maximum Gasteiger partial charge on any atom is 0.274 e. The van der Waals surface area contributed by atoms with Crippen LogP contribution < -0.4 is 11.2 Å². The van der Waals surface area contributed by atoms with E-state index < -0.39 is 0 Å². The standard InChI is InChI=1S/C15H23N3O2/c1-2-18-10-3-4-14(18)9-11-20-17-15(19)12-5-7-13(16)8-6-12/h5-8,14H,2-4,9-11,16H2,1H3,(H,17,19). The molecule has 0 aliphatic carbocycles. The van der Waals surface area contributed by atoms with Crippen LogP contribution in [0.5, 0.6) is 0 Å². The zero-order valence-corrected chi connectivity index (χ0v) is 12.0. The number of likely N-dealkylation sites (tertiary alicyclic amines) is 1. The molecule has 1 fully saturated rings. The first-order valence-corrected chi connectivity index (χ1v) is 7.22. The lowest BCUT2D eigenvalue weighted by Gasteiger charge is -2.22. The second kappa shape index (κ2) is 7.26. The lowest BCUT2D eigenvalue weighted by Crippen LogP contribution is -2.31. The largest absolute Gasteiger partial charge is 0.399 e. The maximum absolute atomic E-state index is 11.8. The van der Waals surface area contributed by atoms with Gasteiger partial charge in [0.15, 0.2) is 0 Å². The third-order valence-corrected chi connectivity index (χ3v) is 3.80. The molecule has 5 heteroatoms. The number of hydrogen-bond acceptors (Lipinski definition) is 4. The Bertz CT molecular complexity index is 433. The van der Waals surface area contributed by atoms with E-state index in [4.69, 9.17) is 10.6 Å². The number of nitrogen functional groups attached to an aromatic ring is 1. The summed E-state index contributed by atoms with van der Waals surface area (Å²) in [6.45, 7) is 4.99. The van der Waals surface area contributed by atoms with Crippen molar-refractivity contribution in [1.29, 1.82) is 0 Å². The Morgan fingerprint density at radius 2 is 2.20 bits per heavy atom. The van der Waals surface area contributed by atoms with Gasteiger partial charge in [0.2, 0.25) is 0 Å². The number of hydroxylamine groups is 1. The van der Waals surface area contributed by atoms with Crippen LogP contribution >= 0.6 is 0 Å². The molecule has 0 saturated carbocycles. The highest BCUT2D eigenvalue weighted by Gasteiger charge is 2.22. The molecule has 3 N–H and O–H groups in total. The maximum atomic E-state index is 11.8. The first kappa shape index (κ1) is 14.8. The second-order valence-electron chi connectivity index (χ2n) is 5.11. The molecule has 1 amide bonds. The van der Waals surface area contributed by atoms with Gasteiger partial charge >= 0.3 is 0 Å². The zero-order chi connectivity index (χ0) is 14.4. The normalized spacial score (nSPS) is 19.1. The van der Waals surface area contributed by atoms with Crippen LogP contribution in [0, 0.1) is 0 Å². The van der Waals surface area contributed by atoms with E-state index in [9.17, 15) is 4.79 Å². The predicted octanol–water partition coefficient (Wildman–Crippen LogP) is 1.80. The first-order valence-electron chi connectivity index (χ1n) is 7.22. The summed E-state index contributed by atoms with van der Waals surface area (Å²) in [5.41, 5.74) is 9.25. The van der Waals surface area contributed by atoms with Crippen molar-refractivity contribution in [3.05, 3.63) is 29.8 Å². The minimum Gasteiger partial charge on any atom is -0.399 e. The Morgan fingerprint density at radius 3 is 2.90 bits per heavy atom. The quantitative estimate of drug-likeness (QED) is 0.473. The van der Waals surface area contributed by atoms with E-state index in [2.05, 4.69) is 17.3 Å². The van der Waals surface area contributed by atoms with Gasteiger partial charge in [-0.2, -0.15) is 0 Å². The number of carbonyl (C=O) groups is 1. The van der Waals surface area contributed by atoms with E-state index in [1.54, 1.807) is 24.3 Å². The van der Waals surface area contributed by atoms with Gasteiger partial charge in [0.1, 0.15) is 0 Å². The van der Waals surface area contributed by atoms with Crippen LogP contribution in [-0.4, -0.2) is 36.5 Å². The fourth-order valence-corrected chi connectivity index (χ4v) is 2.64. The molecule has 1 aromatic carbocycles. The second-order valence-corrected chi connectivity index (χ2v) is 5.11. The number of carbonyl (C=O) groups excluding carboxylic acids is 1. The smallest absolute Gasteiger partial charge is 0.274 e. The van der Waals surface area contributed by atoms with Gasteiger partial charge < -0.3 is 10.6 Å². The molecule has 0 spiro atoms. The number of amides is 1. The fraction of sp³-hybridized carbons (Fsp3) is 0.533. The van der Waals surface area contributed by atoms with E-state index in [-0.39, 0.29) is 5.91 Å². The monoisotopic (exact) mass is 277 g/mol. The van der Waals surface area contributed by atoms with Gasteiger partial charge in [0, 0.05) is 17.3 Å². The molecule has 1 unspecified atom stereocenters. The molecule has 1 heterocycles. The Balaban J connectivity index is 1.68. The van der Waals surface area contributed by atoms with Gasteiger partial charge in [0.05, 0.1) is 6.61 Å². The molecule has 1 aromatic rings. The summed E-state index contributed by atoms with van der Waals surface area (Å²) in [5.74, 6) is -0.233. The minimum atomic E-state index is -0.233. The number of anilines is 1. The van der Waals surface area contributed by atoms with Crippen molar-refractivity contribution < 1.29 is 9.63 Å². The Kier molecular flexibility index (Phi) is 5.38. The lowest BCUT2D eigenvalue weighted by atomic mass is 10.1. The number of nitrogens with two attached hydrogens (primary N) is 1. The summed E-state index contributed by atoms with van der Waals surface area (Å²) in [7, 11) is 0. The molecule has 1 aliphatic rings. The molecule has 20 heavy (non-hydrogen) atoms. The third kappa shape index (κ3) is 3.95. The van der Waals surface area contributed by atoms with Crippen molar-refractivity contribution in [2.75, 3.05) is 25.4 Å². The van der Waals surface area contributed by atoms with Crippen molar-refractivity contribution in [1.82, 2.24) is 10.4 Å². The molecule has 1 atom stereocenters. The molecule has 0 radical (unpaired) electrons. The van der Waals surface area contributed by atoms with Gasteiger partial charge in [-0.15, -0.1) is 0 Å². The predicted molar refractivity (Wildman–Crippen MR) is 79.2 cm³/mol. The highest BCUT2D eigenvalue weighted by atomic mass is 16.6. The van der Waals surface area contributed by atoms with Gasteiger partial charge in [-0.05, 0) is 56.6 Å². The first-order chi connectivity index (χ1) is 9.70. The SMILES string of the molecule is CCN1CCCC1CCONC(=O)c1ccc(N)cc1. The molecule has 2 rings (SSSR count). The summed E-state index contributed by atoms with van der Waals surface area (Å²) in [6.07, 6.45) is 3.44.